The molecule has 1 saturated carbocycles. The number of primary amides is 1. The number of rotatable bonds is 6. The van der Waals surface area contributed by atoms with Crippen LogP contribution in [0.15, 0.2) is 18.2 Å². The van der Waals surface area contributed by atoms with E-state index in [0.29, 0.717) is 18.8 Å². The summed E-state index contributed by atoms with van der Waals surface area (Å²) in [7, 11) is 0. The number of carbonyl (C=O) groups excluding carboxylic acids is 3. The Labute approximate surface area is 143 Å². The lowest BCUT2D eigenvalue weighted by Crippen LogP contribution is -2.50. The van der Waals surface area contributed by atoms with Crippen molar-refractivity contribution in [3.05, 3.63) is 24.0 Å². The predicted octanol–water partition coefficient (Wildman–Crippen LogP) is -0.267. The molecule has 1 heterocycles. The second-order valence-corrected chi connectivity index (χ2v) is 6.03. The van der Waals surface area contributed by atoms with E-state index in [4.69, 9.17) is 10.5 Å². The highest BCUT2D eigenvalue weighted by Crippen LogP contribution is 2.24. The van der Waals surface area contributed by atoms with E-state index in [9.17, 15) is 18.8 Å². The van der Waals surface area contributed by atoms with Gasteiger partial charge in [-0.15, -0.1) is 0 Å². The van der Waals surface area contributed by atoms with E-state index >= 15 is 0 Å². The molecule has 1 aliphatic carbocycles. The molecule has 1 aliphatic heterocycles. The average molecular weight is 350 g/mol. The van der Waals surface area contributed by atoms with E-state index < -0.39 is 23.7 Å². The number of nitrogens with two attached hydrogens (primary N) is 1. The van der Waals surface area contributed by atoms with Gasteiger partial charge >= 0.3 is 0 Å². The van der Waals surface area contributed by atoms with Crippen LogP contribution in [0.1, 0.15) is 12.8 Å². The monoisotopic (exact) mass is 350 g/mol. The molecule has 0 aromatic heterocycles. The van der Waals surface area contributed by atoms with E-state index in [1.165, 1.54) is 17.0 Å². The first-order valence-electron chi connectivity index (χ1n) is 7.99. The van der Waals surface area contributed by atoms with Crippen molar-refractivity contribution in [3.8, 4) is 0 Å². The summed E-state index contributed by atoms with van der Waals surface area (Å²) < 4.78 is 19.3. The van der Waals surface area contributed by atoms with Gasteiger partial charge in [-0.25, -0.2) is 4.39 Å². The maximum Gasteiger partial charge on any atom is 0.253 e. The van der Waals surface area contributed by atoms with Gasteiger partial charge in [-0.05, 0) is 31.0 Å². The molecule has 25 heavy (non-hydrogen) atoms. The van der Waals surface area contributed by atoms with Crippen molar-refractivity contribution in [3.63, 3.8) is 0 Å². The summed E-state index contributed by atoms with van der Waals surface area (Å²) in [5, 5.41) is 5.18. The number of hydrogen-bond donors (Lipinski definition) is 3. The van der Waals surface area contributed by atoms with Crippen LogP contribution in [0, 0.1) is 5.82 Å². The fourth-order valence-electron chi connectivity index (χ4n) is 2.54. The van der Waals surface area contributed by atoms with Gasteiger partial charge in [0.15, 0.2) is 6.04 Å². The van der Waals surface area contributed by atoms with E-state index in [1.54, 1.807) is 0 Å². The fourth-order valence-corrected chi connectivity index (χ4v) is 2.54. The van der Waals surface area contributed by atoms with Crippen LogP contribution >= 0.6 is 0 Å². The molecule has 0 radical (unpaired) electrons. The summed E-state index contributed by atoms with van der Waals surface area (Å²) in [6.07, 6.45) is 1.74. The zero-order valence-corrected chi connectivity index (χ0v) is 13.5. The molecule has 1 atom stereocenters. The molecule has 9 heteroatoms. The summed E-state index contributed by atoms with van der Waals surface area (Å²) in [6, 6.07) is 2.90. The number of morpholine rings is 1. The molecule has 0 unspecified atom stereocenters. The van der Waals surface area contributed by atoms with Gasteiger partial charge in [0.25, 0.3) is 11.8 Å². The second-order valence-electron chi connectivity index (χ2n) is 6.03. The molecule has 3 amide bonds. The minimum atomic E-state index is -1.22. The lowest BCUT2D eigenvalue weighted by Gasteiger charge is -2.27. The number of nitrogens with zero attached hydrogens (tertiary/aromatic N) is 1. The summed E-state index contributed by atoms with van der Waals surface area (Å²) >= 11 is 0. The molecule has 0 spiro atoms. The molecule has 134 valence electrons. The summed E-state index contributed by atoms with van der Waals surface area (Å²) in [6.45, 7) is 0.658. The molecule has 1 aromatic rings. The number of anilines is 2. The first-order valence-corrected chi connectivity index (χ1v) is 7.99. The molecule has 1 saturated heterocycles. The molecule has 8 nitrogen and oxygen atoms in total. The minimum Gasteiger partial charge on any atom is -0.370 e. The Morgan fingerprint density at radius 3 is 2.72 bits per heavy atom. The number of ether oxygens (including phenoxy) is 1. The average Bonchev–Trinajstić information content (AvgIpc) is 3.39. The largest absolute Gasteiger partial charge is 0.370 e. The highest BCUT2D eigenvalue weighted by molar-refractivity contribution is 6.09. The zero-order valence-electron chi connectivity index (χ0n) is 13.5. The van der Waals surface area contributed by atoms with Crippen molar-refractivity contribution in [2.45, 2.75) is 24.9 Å². The number of carbonyl (C=O) groups is 3. The maximum atomic E-state index is 14.3. The van der Waals surface area contributed by atoms with Crippen molar-refractivity contribution in [1.82, 2.24) is 5.32 Å². The molecule has 1 aromatic carbocycles. The smallest absolute Gasteiger partial charge is 0.253 e. The van der Waals surface area contributed by atoms with Crippen molar-refractivity contribution < 1.29 is 23.5 Å². The topological polar surface area (TPSA) is 114 Å². The maximum absolute atomic E-state index is 14.3. The Kier molecular flexibility index (Phi) is 4.95. The number of halogens is 1. The van der Waals surface area contributed by atoms with E-state index in [-0.39, 0.29) is 24.2 Å². The van der Waals surface area contributed by atoms with Crippen LogP contribution < -0.4 is 21.3 Å². The zero-order chi connectivity index (χ0) is 18.0. The molecule has 0 bridgehead atoms. The normalized spacial score (nSPS) is 18.8. The van der Waals surface area contributed by atoms with Crippen molar-refractivity contribution in [1.29, 1.82) is 0 Å². The van der Waals surface area contributed by atoms with Crippen LogP contribution in [-0.4, -0.2) is 49.6 Å². The molecular formula is C16H19FN4O4. The summed E-state index contributed by atoms with van der Waals surface area (Å²) in [4.78, 5) is 36.8. The first kappa shape index (κ1) is 17.3. The van der Waals surface area contributed by atoms with Crippen molar-refractivity contribution >= 4 is 29.1 Å². The minimum absolute atomic E-state index is 0.0484. The number of amides is 3. The highest BCUT2D eigenvalue weighted by atomic mass is 19.1. The van der Waals surface area contributed by atoms with E-state index in [2.05, 4.69) is 10.6 Å². The summed E-state index contributed by atoms with van der Waals surface area (Å²) in [5.74, 6) is -2.50. The highest BCUT2D eigenvalue weighted by Gasteiger charge is 2.32. The van der Waals surface area contributed by atoms with E-state index in [1.807, 2.05) is 0 Å². The Bertz CT molecular complexity index is 707. The third kappa shape index (κ3) is 4.12. The summed E-state index contributed by atoms with van der Waals surface area (Å²) in [5.41, 5.74) is 5.53. The second kappa shape index (κ2) is 7.16. The van der Waals surface area contributed by atoms with Crippen LogP contribution in [0.3, 0.4) is 0 Å². The van der Waals surface area contributed by atoms with Crippen LogP contribution in [-0.2, 0) is 19.1 Å². The fraction of sp³-hybridized carbons (Fsp3) is 0.438. The van der Waals surface area contributed by atoms with Crippen molar-refractivity contribution in [2.75, 3.05) is 30.0 Å². The van der Waals surface area contributed by atoms with Gasteiger partial charge in [0.05, 0.1) is 12.3 Å². The van der Waals surface area contributed by atoms with Crippen LogP contribution in [0.5, 0.6) is 0 Å². The molecule has 4 N–H and O–H groups in total. The van der Waals surface area contributed by atoms with Gasteiger partial charge in [0, 0.05) is 18.3 Å². The lowest BCUT2D eigenvalue weighted by molar-refractivity contribution is -0.128. The van der Waals surface area contributed by atoms with Crippen molar-refractivity contribution in [2.24, 2.45) is 5.73 Å². The first-order chi connectivity index (χ1) is 12.0. The molecule has 2 aliphatic rings. The predicted molar refractivity (Wildman–Crippen MR) is 87.3 cm³/mol. The van der Waals surface area contributed by atoms with Crippen LogP contribution in [0.25, 0.3) is 0 Å². The van der Waals surface area contributed by atoms with Gasteiger partial charge < -0.3 is 20.7 Å². The van der Waals surface area contributed by atoms with Gasteiger partial charge in [0.1, 0.15) is 12.4 Å². The number of nitrogens with one attached hydrogen (secondary N) is 2. The van der Waals surface area contributed by atoms with Gasteiger partial charge in [0.2, 0.25) is 5.91 Å². The number of hydrogen-bond acceptors (Lipinski definition) is 5. The third-order valence-corrected chi connectivity index (χ3v) is 4.03. The quantitative estimate of drug-likeness (QED) is 0.612. The molecule has 2 fully saturated rings. The molecule has 3 rings (SSSR count). The Morgan fingerprint density at radius 2 is 2.12 bits per heavy atom. The van der Waals surface area contributed by atoms with E-state index in [0.717, 1.165) is 18.9 Å². The molecular weight excluding hydrogens is 331 g/mol. The van der Waals surface area contributed by atoms with Gasteiger partial charge in [-0.2, -0.15) is 0 Å². The number of benzene rings is 1. The third-order valence-electron chi connectivity index (χ3n) is 4.03. The lowest BCUT2D eigenvalue weighted by atomic mass is 10.2. The standard InChI is InChI=1S/C16H19FN4O4/c17-11-7-10(21-5-6-25-8-13(21)22)3-4-12(11)20-16(24)14(15(18)23)19-9-1-2-9/h3-4,7,9,14,19H,1-2,5-6,8H2,(H2,18,23)(H,20,24)/t14-/m1/s1. The SMILES string of the molecule is NC(=O)[C@@H](NC1CC1)C(=O)Nc1ccc(N2CCOCC2=O)cc1F. The Hall–Kier alpha value is -2.52. The van der Waals surface area contributed by atoms with Gasteiger partial charge in [-0.3, -0.25) is 19.7 Å². The van der Waals surface area contributed by atoms with Crippen LogP contribution in [0.4, 0.5) is 15.8 Å². The van der Waals surface area contributed by atoms with Gasteiger partial charge in [-0.1, -0.05) is 0 Å². The Balaban J connectivity index is 1.70. The Morgan fingerprint density at radius 1 is 1.36 bits per heavy atom. The van der Waals surface area contributed by atoms with Crippen LogP contribution in [0.2, 0.25) is 0 Å².